The molecule has 0 unspecified atom stereocenters. The summed E-state index contributed by atoms with van der Waals surface area (Å²) >= 11 is 7.28. The van der Waals surface area contributed by atoms with Gasteiger partial charge in [-0.3, -0.25) is 4.90 Å². The standard InChI is InChI=1S/C15H21ClF3N3O2S/c16-13-3-2-12(25-13)10-20-14(23)22-7-5-21(6-8-22)4-1-9-24-11-15(17,18)19/h2-3H,1,4-11H2,(H,20,23). The molecule has 0 aromatic carbocycles. The number of carbonyl (C=O) groups excluding carboxylic acids is 1. The Morgan fingerprint density at radius 2 is 2.00 bits per heavy atom. The van der Waals surface area contributed by atoms with E-state index >= 15 is 0 Å². The summed E-state index contributed by atoms with van der Waals surface area (Å²) in [6, 6.07) is 3.56. The highest BCUT2D eigenvalue weighted by Crippen LogP contribution is 2.21. The maximum absolute atomic E-state index is 12.1. The highest BCUT2D eigenvalue weighted by atomic mass is 35.5. The van der Waals surface area contributed by atoms with Crippen LogP contribution in [0, 0.1) is 0 Å². The summed E-state index contributed by atoms with van der Waals surface area (Å²) in [6.07, 6.45) is -3.73. The molecule has 1 aromatic heterocycles. The van der Waals surface area contributed by atoms with Crippen LogP contribution >= 0.6 is 22.9 Å². The minimum atomic E-state index is -4.27. The number of alkyl halides is 3. The Hall–Kier alpha value is -1.03. The summed E-state index contributed by atoms with van der Waals surface area (Å²) in [5, 5.41) is 2.86. The number of rotatable bonds is 7. The topological polar surface area (TPSA) is 44.8 Å². The van der Waals surface area contributed by atoms with Crippen molar-refractivity contribution in [3.8, 4) is 0 Å². The Labute approximate surface area is 153 Å². The van der Waals surface area contributed by atoms with E-state index in [0.29, 0.717) is 50.0 Å². The number of hydrogen-bond acceptors (Lipinski definition) is 4. The Kier molecular flexibility index (Phi) is 7.80. The van der Waals surface area contributed by atoms with Crippen LogP contribution in [-0.4, -0.2) is 67.9 Å². The largest absolute Gasteiger partial charge is 0.411 e. The predicted octanol–water partition coefficient (Wildman–Crippen LogP) is 3.20. The molecule has 2 heterocycles. The number of nitrogens with one attached hydrogen (secondary N) is 1. The molecule has 1 aliphatic rings. The Morgan fingerprint density at radius 1 is 1.28 bits per heavy atom. The van der Waals surface area contributed by atoms with Crippen LogP contribution in [-0.2, 0) is 11.3 Å². The fourth-order valence-electron chi connectivity index (χ4n) is 2.47. The predicted molar refractivity (Wildman–Crippen MR) is 91.1 cm³/mol. The van der Waals surface area contributed by atoms with Gasteiger partial charge >= 0.3 is 12.2 Å². The number of carbonyl (C=O) groups is 1. The molecule has 5 nitrogen and oxygen atoms in total. The molecule has 0 atom stereocenters. The average Bonchev–Trinajstić information content (AvgIpc) is 2.97. The maximum atomic E-state index is 12.1. The molecule has 1 N–H and O–H groups in total. The van der Waals surface area contributed by atoms with Gasteiger partial charge in [-0.25, -0.2) is 4.79 Å². The van der Waals surface area contributed by atoms with Crippen LogP contribution in [0.3, 0.4) is 0 Å². The van der Waals surface area contributed by atoms with E-state index in [-0.39, 0.29) is 12.6 Å². The number of amides is 2. The van der Waals surface area contributed by atoms with Crippen molar-refractivity contribution in [3.63, 3.8) is 0 Å². The van der Waals surface area contributed by atoms with Gasteiger partial charge in [0.1, 0.15) is 6.61 Å². The number of thiophene rings is 1. The molecule has 2 amide bonds. The molecule has 25 heavy (non-hydrogen) atoms. The van der Waals surface area contributed by atoms with Crippen molar-refractivity contribution in [2.75, 3.05) is 45.9 Å². The lowest BCUT2D eigenvalue weighted by Crippen LogP contribution is -2.51. The molecule has 2 rings (SSSR count). The van der Waals surface area contributed by atoms with Crippen LogP contribution in [0.1, 0.15) is 11.3 Å². The third kappa shape index (κ3) is 7.81. The molecular weight excluding hydrogens is 379 g/mol. The molecule has 0 bridgehead atoms. The van der Waals surface area contributed by atoms with Gasteiger partial charge in [-0.2, -0.15) is 13.2 Å². The second-order valence-corrected chi connectivity index (χ2v) is 7.51. The van der Waals surface area contributed by atoms with Crippen molar-refractivity contribution < 1.29 is 22.7 Å². The van der Waals surface area contributed by atoms with Gasteiger partial charge < -0.3 is 15.0 Å². The van der Waals surface area contributed by atoms with Crippen LogP contribution in [0.2, 0.25) is 4.34 Å². The summed E-state index contributed by atoms with van der Waals surface area (Å²) in [7, 11) is 0. The molecule has 0 aliphatic carbocycles. The first-order valence-electron chi connectivity index (χ1n) is 7.97. The molecule has 1 aromatic rings. The molecule has 1 fully saturated rings. The van der Waals surface area contributed by atoms with Gasteiger partial charge in [0.2, 0.25) is 0 Å². The van der Waals surface area contributed by atoms with Gasteiger partial charge in [0.15, 0.2) is 0 Å². The minimum Gasteiger partial charge on any atom is -0.372 e. The highest BCUT2D eigenvalue weighted by Gasteiger charge is 2.27. The average molecular weight is 400 g/mol. The van der Waals surface area contributed by atoms with Gasteiger partial charge in [0, 0.05) is 44.2 Å². The molecule has 0 radical (unpaired) electrons. The first-order valence-corrected chi connectivity index (χ1v) is 9.17. The van der Waals surface area contributed by atoms with Crippen LogP contribution in [0.5, 0.6) is 0 Å². The van der Waals surface area contributed by atoms with Crippen LogP contribution in [0.15, 0.2) is 12.1 Å². The second kappa shape index (κ2) is 9.61. The molecule has 1 saturated heterocycles. The van der Waals surface area contributed by atoms with Crippen molar-refractivity contribution in [3.05, 3.63) is 21.3 Å². The third-order valence-corrected chi connectivity index (χ3v) is 4.96. The van der Waals surface area contributed by atoms with E-state index in [1.165, 1.54) is 11.3 Å². The summed E-state index contributed by atoms with van der Waals surface area (Å²) in [5.41, 5.74) is 0. The lowest BCUT2D eigenvalue weighted by molar-refractivity contribution is -0.174. The maximum Gasteiger partial charge on any atom is 0.411 e. The van der Waals surface area contributed by atoms with Crippen LogP contribution in [0.25, 0.3) is 0 Å². The molecule has 0 saturated carbocycles. The zero-order chi connectivity index (χ0) is 18.3. The number of ether oxygens (including phenoxy) is 1. The first-order chi connectivity index (χ1) is 11.8. The van der Waals surface area contributed by atoms with Gasteiger partial charge in [0.25, 0.3) is 0 Å². The molecule has 10 heteroatoms. The van der Waals surface area contributed by atoms with E-state index in [0.717, 1.165) is 4.88 Å². The van der Waals surface area contributed by atoms with Gasteiger partial charge in [-0.05, 0) is 18.6 Å². The SMILES string of the molecule is O=C(NCc1ccc(Cl)s1)N1CCN(CCCOCC(F)(F)F)CC1. The molecule has 1 aliphatic heterocycles. The van der Waals surface area contributed by atoms with E-state index in [4.69, 9.17) is 11.6 Å². The van der Waals surface area contributed by atoms with Gasteiger partial charge in [0.05, 0.1) is 10.9 Å². The zero-order valence-electron chi connectivity index (χ0n) is 13.6. The second-order valence-electron chi connectivity index (χ2n) is 5.71. The molecule has 0 spiro atoms. The normalized spacial score (nSPS) is 16.2. The number of piperazine rings is 1. The van der Waals surface area contributed by atoms with Crippen LogP contribution in [0.4, 0.5) is 18.0 Å². The summed E-state index contributed by atoms with van der Waals surface area (Å²) < 4.78 is 41.1. The van der Waals surface area contributed by atoms with Crippen LogP contribution < -0.4 is 5.32 Å². The lowest BCUT2D eigenvalue weighted by atomic mass is 10.3. The Balaban J connectivity index is 1.57. The smallest absolute Gasteiger partial charge is 0.372 e. The van der Waals surface area contributed by atoms with E-state index < -0.39 is 12.8 Å². The van der Waals surface area contributed by atoms with Gasteiger partial charge in [-0.1, -0.05) is 11.6 Å². The monoisotopic (exact) mass is 399 g/mol. The van der Waals surface area contributed by atoms with Crippen molar-refractivity contribution in [1.29, 1.82) is 0 Å². The lowest BCUT2D eigenvalue weighted by Gasteiger charge is -2.34. The molecular formula is C15H21ClF3N3O2S. The number of urea groups is 1. The fraction of sp³-hybridized carbons (Fsp3) is 0.667. The van der Waals surface area contributed by atoms with E-state index in [1.807, 2.05) is 6.07 Å². The van der Waals surface area contributed by atoms with E-state index in [9.17, 15) is 18.0 Å². The minimum absolute atomic E-state index is 0.0869. The zero-order valence-corrected chi connectivity index (χ0v) is 15.2. The summed E-state index contributed by atoms with van der Waals surface area (Å²) in [5.74, 6) is 0. The van der Waals surface area contributed by atoms with Crippen molar-refractivity contribution in [2.24, 2.45) is 0 Å². The number of hydrogen-bond donors (Lipinski definition) is 1. The van der Waals surface area contributed by atoms with Crippen molar-refractivity contribution in [1.82, 2.24) is 15.1 Å². The summed E-state index contributed by atoms with van der Waals surface area (Å²) in [4.78, 5) is 17.0. The van der Waals surface area contributed by atoms with E-state index in [2.05, 4.69) is 15.0 Å². The van der Waals surface area contributed by atoms with Crippen molar-refractivity contribution >= 4 is 29.0 Å². The fourth-order valence-corrected chi connectivity index (χ4v) is 3.50. The Bertz CT molecular complexity index is 548. The first kappa shape index (κ1) is 20.3. The summed E-state index contributed by atoms with van der Waals surface area (Å²) in [6.45, 7) is 2.61. The molecule has 142 valence electrons. The highest BCUT2D eigenvalue weighted by molar-refractivity contribution is 7.16. The number of halogens is 4. The number of nitrogens with zero attached hydrogens (tertiary/aromatic N) is 2. The Morgan fingerprint density at radius 3 is 2.60 bits per heavy atom. The van der Waals surface area contributed by atoms with E-state index in [1.54, 1.807) is 11.0 Å². The van der Waals surface area contributed by atoms with Gasteiger partial charge in [-0.15, -0.1) is 11.3 Å². The van der Waals surface area contributed by atoms with Crippen molar-refractivity contribution in [2.45, 2.75) is 19.1 Å². The quantitative estimate of drug-likeness (QED) is 0.716. The third-order valence-electron chi connectivity index (χ3n) is 3.73.